The lowest BCUT2D eigenvalue weighted by Crippen LogP contribution is -2.27. The van der Waals surface area contributed by atoms with Gasteiger partial charge in [-0.15, -0.1) is 0 Å². The number of nitrogens with zero attached hydrogens (tertiary/aromatic N) is 1. The third-order valence-corrected chi connectivity index (χ3v) is 3.63. The molecule has 0 aromatic heterocycles. The number of anilines is 1. The number of hydrogen-bond acceptors (Lipinski definition) is 2. The average Bonchev–Trinajstić information content (AvgIpc) is 2.38. The van der Waals surface area contributed by atoms with Crippen molar-refractivity contribution in [1.29, 1.82) is 0 Å². The van der Waals surface area contributed by atoms with Crippen LogP contribution in [0.4, 0.5) is 5.69 Å². The summed E-state index contributed by atoms with van der Waals surface area (Å²) in [5.41, 5.74) is 4.46. The van der Waals surface area contributed by atoms with E-state index in [0.717, 1.165) is 13.1 Å². The van der Waals surface area contributed by atoms with Crippen LogP contribution < -0.4 is 10.2 Å². The van der Waals surface area contributed by atoms with E-state index in [2.05, 4.69) is 42.4 Å². The predicted octanol–water partition coefficient (Wildman–Crippen LogP) is 2.96. The van der Waals surface area contributed by atoms with Gasteiger partial charge in [-0.05, 0) is 36.6 Å². The van der Waals surface area contributed by atoms with E-state index in [1.54, 1.807) is 0 Å². The number of benzene rings is 1. The van der Waals surface area contributed by atoms with Crippen LogP contribution in [0.25, 0.3) is 0 Å². The van der Waals surface area contributed by atoms with Crippen molar-refractivity contribution < 1.29 is 0 Å². The zero-order chi connectivity index (χ0) is 12.1. The summed E-state index contributed by atoms with van der Waals surface area (Å²) in [5.74, 6) is 0. The molecule has 17 heavy (non-hydrogen) atoms. The fraction of sp³-hybridized carbons (Fsp3) is 0.600. The lowest BCUT2D eigenvalue weighted by Gasteiger charge is -2.27. The molecule has 2 rings (SSSR count). The first-order chi connectivity index (χ1) is 8.33. The molecule has 0 atom stereocenters. The SMILES string of the molecule is CCCCCN(C)c1cccc2c1CNCC2. The summed E-state index contributed by atoms with van der Waals surface area (Å²) in [6.07, 6.45) is 5.09. The molecule has 94 valence electrons. The van der Waals surface area contributed by atoms with Gasteiger partial charge in [0.15, 0.2) is 0 Å². The Morgan fingerprint density at radius 2 is 2.18 bits per heavy atom. The van der Waals surface area contributed by atoms with Crippen molar-refractivity contribution in [3.8, 4) is 0 Å². The Bertz CT molecular complexity index is 360. The minimum Gasteiger partial charge on any atom is -0.374 e. The third-order valence-electron chi connectivity index (χ3n) is 3.63. The van der Waals surface area contributed by atoms with Gasteiger partial charge in [-0.1, -0.05) is 31.9 Å². The molecule has 0 fully saturated rings. The molecule has 0 unspecified atom stereocenters. The van der Waals surface area contributed by atoms with Crippen LogP contribution in [0, 0.1) is 0 Å². The lowest BCUT2D eigenvalue weighted by molar-refractivity contribution is 0.638. The molecule has 2 nitrogen and oxygen atoms in total. The predicted molar refractivity (Wildman–Crippen MR) is 74.6 cm³/mol. The summed E-state index contributed by atoms with van der Waals surface area (Å²) in [5, 5.41) is 3.48. The first kappa shape index (κ1) is 12.4. The van der Waals surface area contributed by atoms with E-state index in [1.807, 2.05) is 0 Å². The third kappa shape index (κ3) is 3.01. The van der Waals surface area contributed by atoms with Crippen LogP contribution in [0.5, 0.6) is 0 Å². The van der Waals surface area contributed by atoms with Crippen molar-refractivity contribution in [1.82, 2.24) is 5.32 Å². The minimum absolute atomic E-state index is 1.03. The molecule has 0 saturated heterocycles. The van der Waals surface area contributed by atoms with Crippen molar-refractivity contribution in [2.75, 3.05) is 25.0 Å². The minimum atomic E-state index is 1.03. The van der Waals surface area contributed by atoms with E-state index in [1.165, 1.54) is 49.0 Å². The maximum atomic E-state index is 3.48. The number of rotatable bonds is 5. The molecule has 0 aliphatic carbocycles. The highest BCUT2D eigenvalue weighted by Gasteiger charge is 2.14. The summed E-state index contributed by atoms with van der Waals surface area (Å²) in [6, 6.07) is 6.74. The molecular formula is C15H24N2. The zero-order valence-electron chi connectivity index (χ0n) is 11.1. The summed E-state index contributed by atoms with van der Waals surface area (Å²) in [4.78, 5) is 2.42. The van der Waals surface area contributed by atoms with Gasteiger partial charge in [-0.25, -0.2) is 0 Å². The molecule has 1 aliphatic rings. The van der Waals surface area contributed by atoms with Crippen molar-refractivity contribution >= 4 is 5.69 Å². The average molecular weight is 232 g/mol. The maximum absolute atomic E-state index is 3.48. The van der Waals surface area contributed by atoms with Gasteiger partial charge in [0.2, 0.25) is 0 Å². The van der Waals surface area contributed by atoms with E-state index in [9.17, 15) is 0 Å². The van der Waals surface area contributed by atoms with Crippen molar-refractivity contribution in [2.24, 2.45) is 0 Å². The number of hydrogen-bond donors (Lipinski definition) is 1. The fourth-order valence-corrected chi connectivity index (χ4v) is 2.57. The van der Waals surface area contributed by atoms with Crippen molar-refractivity contribution in [2.45, 2.75) is 39.2 Å². The second kappa shape index (κ2) is 6.06. The number of nitrogens with one attached hydrogen (secondary N) is 1. The molecule has 0 amide bonds. The molecular weight excluding hydrogens is 208 g/mol. The van der Waals surface area contributed by atoms with Gasteiger partial charge in [0.1, 0.15) is 0 Å². The van der Waals surface area contributed by atoms with Crippen molar-refractivity contribution in [3.05, 3.63) is 29.3 Å². The van der Waals surface area contributed by atoms with Crippen LogP contribution >= 0.6 is 0 Å². The molecule has 1 heterocycles. The van der Waals surface area contributed by atoms with E-state index in [4.69, 9.17) is 0 Å². The molecule has 1 aromatic carbocycles. The second-order valence-corrected chi connectivity index (χ2v) is 4.97. The van der Waals surface area contributed by atoms with E-state index in [0.29, 0.717) is 0 Å². The van der Waals surface area contributed by atoms with Gasteiger partial charge in [-0.3, -0.25) is 0 Å². The standard InChI is InChI=1S/C15H24N2/c1-3-4-5-11-17(2)15-8-6-7-13-9-10-16-12-14(13)15/h6-8,16H,3-5,9-12H2,1-2H3. The Morgan fingerprint density at radius 1 is 1.29 bits per heavy atom. The first-order valence-electron chi connectivity index (χ1n) is 6.85. The normalized spacial score (nSPS) is 14.5. The smallest absolute Gasteiger partial charge is 0.0412 e. The Kier molecular flexibility index (Phi) is 4.43. The monoisotopic (exact) mass is 232 g/mol. The van der Waals surface area contributed by atoms with Gasteiger partial charge in [0.25, 0.3) is 0 Å². The molecule has 0 spiro atoms. The van der Waals surface area contributed by atoms with E-state index in [-0.39, 0.29) is 0 Å². The van der Waals surface area contributed by atoms with Gasteiger partial charge in [0, 0.05) is 25.8 Å². The maximum Gasteiger partial charge on any atom is 0.0412 e. The van der Waals surface area contributed by atoms with Gasteiger partial charge < -0.3 is 10.2 Å². The molecule has 1 aromatic rings. The van der Waals surface area contributed by atoms with Gasteiger partial charge in [0.05, 0.1) is 0 Å². The molecule has 1 aliphatic heterocycles. The first-order valence-corrected chi connectivity index (χ1v) is 6.85. The topological polar surface area (TPSA) is 15.3 Å². The summed E-state index contributed by atoms with van der Waals surface area (Å²) in [7, 11) is 2.22. The van der Waals surface area contributed by atoms with Crippen LogP contribution in [-0.4, -0.2) is 20.1 Å². The quantitative estimate of drug-likeness (QED) is 0.785. The van der Waals surface area contributed by atoms with E-state index >= 15 is 0 Å². The Labute approximate surface area is 105 Å². The lowest BCUT2D eigenvalue weighted by atomic mass is 9.98. The van der Waals surface area contributed by atoms with Crippen LogP contribution in [0.1, 0.15) is 37.3 Å². The van der Waals surface area contributed by atoms with Crippen molar-refractivity contribution in [3.63, 3.8) is 0 Å². The van der Waals surface area contributed by atoms with Crippen LogP contribution in [0.2, 0.25) is 0 Å². The highest BCUT2D eigenvalue weighted by atomic mass is 15.1. The highest BCUT2D eigenvalue weighted by Crippen LogP contribution is 2.25. The number of unbranched alkanes of at least 4 members (excludes halogenated alkanes) is 2. The van der Waals surface area contributed by atoms with Gasteiger partial charge in [-0.2, -0.15) is 0 Å². The molecule has 1 N–H and O–H groups in total. The number of fused-ring (bicyclic) bond motifs is 1. The second-order valence-electron chi connectivity index (χ2n) is 4.97. The van der Waals surface area contributed by atoms with Crippen LogP contribution in [0.15, 0.2) is 18.2 Å². The zero-order valence-corrected chi connectivity index (χ0v) is 11.1. The Morgan fingerprint density at radius 3 is 3.00 bits per heavy atom. The molecule has 2 heteroatoms. The summed E-state index contributed by atoms with van der Waals surface area (Å²) in [6.45, 7) is 5.58. The molecule has 0 radical (unpaired) electrons. The highest BCUT2D eigenvalue weighted by molar-refractivity contribution is 5.57. The van der Waals surface area contributed by atoms with Gasteiger partial charge >= 0.3 is 0 Å². The molecule has 0 bridgehead atoms. The fourth-order valence-electron chi connectivity index (χ4n) is 2.57. The largest absolute Gasteiger partial charge is 0.374 e. The molecule has 0 saturated carbocycles. The Hall–Kier alpha value is -1.02. The van der Waals surface area contributed by atoms with E-state index < -0.39 is 0 Å². The van der Waals surface area contributed by atoms with Crippen LogP contribution in [-0.2, 0) is 13.0 Å². The summed E-state index contributed by atoms with van der Waals surface area (Å²) < 4.78 is 0. The van der Waals surface area contributed by atoms with Crippen LogP contribution in [0.3, 0.4) is 0 Å². The Balaban J connectivity index is 2.09. The summed E-state index contributed by atoms with van der Waals surface area (Å²) >= 11 is 0.